The fourth-order valence-electron chi connectivity index (χ4n) is 1.71. The molecule has 0 saturated heterocycles. The van der Waals surface area contributed by atoms with Crippen LogP contribution < -0.4 is 15.8 Å². The van der Waals surface area contributed by atoms with Gasteiger partial charge in [0.25, 0.3) is 5.91 Å². The highest BCUT2D eigenvalue weighted by molar-refractivity contribution is 5.95. The van der Waals surface area contributed by atoms with Crippen molar-refractivity contribution >= 4 is 11.6 Å². The number of nitrogens with one attached hydrogen (secondary N) is 1. The zero-order valence-electron chi connectivity index (χ0n) is 11.9. The summed E-state index contributed by atoms with van der Waals surface area (Å²) in [4.78, 5) is 11.9. The van der Waals surface area contributed by atoms with Crippen molar-refractivity contribution in [3.63, 3.8) is 0 Å². The molecular formula is C14H22N2O4. The van der Waals surface area contributed by atoms with E-state index in [4.69, 9.17) is 15.2 Å². The molecule has 6 heteroatoms. The molecule has 4 N–H and O–H groups in total. The molecule has 112 valence electrons. The second-order valence-corrected chi connectivity index (χ2v) is 4.34. The monoisotopic (exact) mass is 282 g/mol. The number of aliphatic hydroxyl groups is 1. The summed E-state index contributed by atoms with van der Waals surface area (Å²) >= 11 is 0. The molecule has 1 atom stereocenters. The van der Waals surface area contributed by atoms with Gasteiger partial charge in [0.05, 0.1) is 25.0 Å². The van der Waals surface area contributed by atoms with Crippen LogP contribution in [0.4, 0.5) is 5.69 Å². The van der Waals surface area contributed by atoms with E-state index in [-0.39, 0.29) is 12.5 Å². The summed E-state index contributed by atoms with van der Waals surface area (Å²) in [6.45, 7) is 3.01. The van der Waals surface area contributed by atoms with E-state index in [0.717, 1.165) is 0 Å². The molecule has 0 spiro atoms. The van der Waals surface area contributed by atoms with Crippen molar-refractivity contribution in [3.8, 4) is 5.75 Å². The highest BCUT2D eigenvalue weighted by atomic mass is 16.5. The van der Waals surface area contributed by atoms with E-state index in [1.807, 2.05) is 6.92 Å². The number of hydrogen-bond acceptors (Lipinski definition) is 5. The van der Waals surface area contributed by atoms with E-state index in [0.29, 0.717) is 36.6 Å². The number of anilines is 1. The number of amides is 1. The van der Waals surface area contributed by atoms with Crippen LogP contribution in [0.5, 0.6) is 5.75 Å². The number of carbonyl (C=O) groups excluding carboxylic acids is 1. The Labute approximate surface area is 118 Å². The van der Waals surface area contributed by atoms with E-state index < -0.39 is 6.10 Å². The van der Waals surface area contributed by atoms with Gasteiger partial charge in [-0.3, -0.25) is 4.79 Å². The molecule has 1 rings (SSSR count). The topological polar surface area (TPSA) is 93.8 Å². The molecule has 20 heavy (non-hydrogen) atoms. The van der Waals surface area contributed by atoms with Crippen LogP contribution in [0.15, 0.2) is 18.2 Å². The Kier molecular flexibility index (Phi) is 6.83. The molecule has 0 bridgehead atoms. The van der Waals surface area contributed by atoms with Crippen molar-refractivity contribution in [2.24, 2.45) is 0 Å². The van der Waals surface area contributed by atoms with Crippen molar-refractivity contribution in [3.05, 3.63) is 23.8 Å². The number of carbonyl (C=O) groups is 1. The standard InChI is InChI=1S/C14H22N2O4/c1-3-20-13-5-4-10(8-12(13)15)14(18)16-7-6-11(17)9-19-2/h4-5,8,11,17H,3,6-7,9,15H2,1-2H3,(H,16,18). The van der Waals surface area contributed by atoms with Gasteiger partial charge < -0.3 is 25.6 Å². The van der Waals surface area contributed by atoms with E-state index >= 15 is 0 Å². The first-order chi connectivity index (χ1) is 9.58. The number of hydrogen-bond donors (Lipinski definition) is 3. The maximum absolute atomic E-state index is 11.9. The predicted octanol–water partition coefficient (Wildman–Crippen LogP) is 0.795. The van der Waals surface area contributed by atoms with Crippen molar-refractivity contribution in [2.75, 3.05) is 32.6 Å². The van der Waals surface area contributed by atoms with Gasteiger partial charge >= 0.3 is 0 Å². The van der Waals surface area contributed by atoms with Crippen molar-refractivity contribution < 1.29 is 19.4 Å². The SMILES string of the molecule is CCOc1ccc(C(=O)NCCC(O)COC)cc1N. The van der Waals surface area contributed by atoms with Gasteiger partial charge in [0, 0.05) is 19.2 Å². The molecule has 0 fully saturated rings. The molecule has 0 radical (unpaired) electrons. The third kappa shape index (κ3) is 5.07. The molecule has 1 amide bonds. The minimum Gasteiger partial charge on any atom is -0.492 e. The van der Waals surface area contributed by atoms with Crippen LogP contribution in [0.3, 0.4) is 0 Å². The van der Waals surface area contributed by atoms with Gasteiger partial charge in [0.1, 0.15) is 5.75 Å². The molecule has 1 aromatic carbocycles. The van der Waals surface area contributed by atoms with Crippen LogP contribution >= 0.6 is 0 Å². The van der Waals surface area contributed by atoms with Gasteiger partial charge in [-0.25, -0.2) is 0 Å². The maximum atomic E-state index is 11.9. The smallest absolute Gasteiger partial charge is 0.251 e. The summed E-state index contributed by atoms with van der Waals surface area (Å²) < 4.78 is 10.1. The summed E-state index contributed by atoms with van der Waals surface area (Å²) in [5.41, 5.74) is 6.69. The van der Waals surface area contributed by atoms with Crippen LogP contribution in [0.2, 0.25) is 0 Å². The summed E-state index contributed by atoms with van der Waals surface area (Å²) in [6, 6.07) is 4.90. The molecule has 0 aliphatic rings. The highest BCUT2D eigenvalue weighted by Gasteiger charge is 2.09. The fourth-order valence-corrected chi connectivity index (χ4v) is 1.71. The lowest BCUT2D eigenvalue weighted by molar-refractivity contribution is 0.0587. The average Bonchev–Trinajstić information content (AvgIpc) is 2.41. The van der Waals surface area contributed by atoms with Gasteiger partial charge in [-0.15, -0.1) is 0 Å². The van der Waals surface area contributed by atoms with Gasteiger partial charge in [-0.2, -0.15) is 0 Å². The van der Waals surface area contributed by atoms with Crippen LogP contribution in [0, 0.1) is 0 Å². The van der Waals surface area contributed by atoms with E-state index in [9.17, 15) is 9.90 Å². The average molecular weight is 282 g/mol. The van der Waals surface area contributed by atoms with Crippen LogP contribution in [-0.2, 0) is 4.74 Å². The molecule has 0 aliphatic carbocycles. The maximum Gasteiger partial charge on any atom is 0.251 e. The van der Waals surface area contributed by atoms with Crippen LogP contribution in [0.25, 0.3) is 0 Å². The van der Waals surface area contributed by atoms with Crippen molar-refractivity contribution in [1.82, 2.24) is 5.32 Å². The van der Waals surface area contributed by atoms with Crippen molar-refractivity contribution in [1.29, 1.82) is 0 Å². The Bertz CT molecular complexity index is 437. The summed E-state index contributed by atoms with van der Waals surface area (Å²) in [5.74, 6) is 0.337. The van der Waals surface area contributed by atoms with E-state index in [2.05, 4.69) is 5.32 Å². The van der Waals surface area contributed by atoms with Crippen LogP contribution in [0.1, 0.15) is 23.7 Å². The summed E-state index contributed by atoms with van der Waals surface area (Å²) in [6.07, 6.45) is -0.141. The van der Waals surface area contributed by atoms with Gasteiger partial charge in [-0.05, 0) is 31.5 Å². The van der Waals surface area contributed by atoms with E-state index in [1.54, 1.807) is 18.2 Å². The first-order valence-corrected chi connectivity index (χ1v) is 6.56. The molecule has 1 unspecified atom stereocenters. The minimum atomic E-state index is -0.578. The lowest BCUT2D eigenvalue weighted by atomic mass is 10.1. The Morgan fingerprint density at radius 2 is 2.25 bits per heavy atom. The number of methoxy groups -OCH3 is 1. The second kappa shape index (κ2) is 8.39. The number of ether oxygens (including phenoxy) is 2. The lowest BCUT2D eigenvalue weighted by Gasteiger charge is -2.11. The van der Waals surface area contributed by atoms with Gasteiger partial charge in [-0.1, -0.05) is 0 Å². The summed E-state index contributed by atoms with van der Waals surface area (Å²) in [7, 11) is 1.52. The second-order valence-electron chi connectivity index (χ2n) is 4.34. The Hall–Kier alpha value is -1.79. The number of nitrogens with two attached hydrogens (primary N) is 1. The fraction of sp³-hybridized carbons (Fsp3) is 0.500. The predicted molar refractivity (Wildman–Crippen MR) is 76.9 cm³/mol. The van der Waals surface area contributed by atoms with Crippen LogP contribution in [-0.4, -0.2) is 44.0 Å². The number of nitrogen functional groups attached to an aromatic ring is 1. The van der Waals surface area contributed by atoms with Crippen molar-refractivity contribution in [2.45, 2.75) is 19.4 Å². The molecule has 0 saturated carbocycles. The molecule has 0 heterocycles. The highest BCUT2D eigenvalue weighted by Crippen LogP contribution is 2.22. The Balaban J connectivity index is 2.49. The number of rotatable bonds is 8. The molecule has 0 aromatic heterocycles. The molecule has 0 aliphatic heterocycles. The zero-order chi connectivity index (χ0) is 15.0. The Morgan fingerprint density at radius 1 is 1.50 bits per heavy atom. The molecule has 1 aromatic rings. The van der Waals surface area contributed by atoms with E-state index in [1.165, 1.54) is 7.11 Å². The minimum absolute atomic E-state index is 0.232. The largest absolute Gasteiger partial charge is 0.492 e. The van der Waals surface area contributed by atoms with Gasteiger partial charge in [0.15, 0.2) is 0 Å². The third-order valence-electron chi connectivity index (χ3n) is 2.69. The molecule has 6 nitrogen and oxygen atoms in total. The normalized spacial score (nSPS) is 11.9. The summed E-state index contributed by atoms with van der Waals surface area (Å²) in [5, 5.41) is 12.2. The first kappa shape index (κ1) is 16.3. The number of aliphatic hydroxyl groups excluding tert-OH is 1. The first-order valence-electron chi connectivity index (χ1n) is 6.56. The molecular weight excluding hydrogens is 260 g/mol. The third-order valence-corrected chi connectivity index (χ3v) is 2.69. The quantitative estimate of drug-likeness (QED) is 0.613. The number of benzene rings is 1. The van der Waals surface area contributed by atoms with Gasteiger partial charge in [0.2, 0.25) is 0 Å². The lowest BCUT2D eigenvalue weighted by Crippen LogP contribution is -2.28. The Morgan fingerprint density at radius 3 is 2.85 bits per heavy atom. The zero-order valence-corrected chi connectivity index (χ0v) is 11.9.